The van der Waals surface area contributed by atoms with Crippen LogP contribution >= 0.6 is 0 Å². The zero-order valence-corrected chi connectivity index (χ0v) is 12.7. The van der Waals surface area contributed by atoms with E-state index in [0.29, 0.717) is 6.04 Å². The van der Waals surface area contributed by atoms with E-state index in [9.17, 15) is 0 Å². The highest BCUT2D eigenvalue weighted by atomic mass is 16.7. The van der Waals surface area contributed by atoms with Gasteiger partial charge in [0.1, 0.15) is 0 Å². The van der Waals surface area contributed by atoms with Crippen LogP contribution in [0.1, 0.15) is 27.7 Å². The molecule has 108 valence electrons. The molecule has 0 saturated carbocycles. The van der Waals surface area contributed by atoms with Gasteiger partial charge in [0, 0.05) is 18.8 Å². The van der Waals surface area contributed by atoms with E-state index in [0.717, 1.165) is 24.2 Å². The second-order valence-corrected chi connectivity index (χ2v) is 6.71. The number of nitrogens with one attached hydrogen (secondary N) is 2. The quantitative estimate of drug-likeness (QED) is 0.817. The minimum atomic E-state index is -0.286. The van der Waals surface area contributed by atoms with Crippen molar-refractivity contribution in [3.63, 3.8) is 0 Å². The van der Waals surface area contributed by atoms with Gasteiger partial charge >= 0.3 is 7.12 Å². The highest BCUT2D eigenvalue weighted by Crippen LogP contribution is 2.36. The van der Waals surface area contributed by atoms with Crippen molar-refractivity contribution < 1.29 is 9.31 Å². The van der Waals surface area contributed by atoms with Gasteiger partial charge in [0.2, 0.25) is 0 Å². The summed E-state index contributed by atoms with van der Waals surface area (Å²) in [6, 6.07) is 8.91. The average Bonchev–Trinajstić information content (AvgIpc) is 2.54. The smallest absolute Gasteiger partial charge is 0.399 e. The summed E-state index contributed by atoms with van der Waals surface area (Å²) >= 11 is 0. The molecular weight excluding hydrogens is 251 g/mol. The molecule has 0 unspecified atom stereocenters. The van der Waals surface area contributed by atoms with Gasteiger partial charge in [-0.2, -0.15) is 0 Å². The Hall–Kier alpha value is -1.04. The molecule has 2 aliphatic heterocycles. The predicted molar refractivity (Wildman–Crippen MR) is 82.4 cm³/mol. The third-order valence-corrected chi connectivity index (χ3v) is 4.59. The Bertz CT molecular complexity index is 467. The van der Waals surface area contributed by atoms with Crippen molar-refractivity contribution in [2.24, 2.45) is 0 Å². The van der Waals surface area contributed by atoms with Gasteiger partial charge in [0.25, 0.3) is 0 Å². The SMILES string of the molecule is CC1(C)OB(c2ccc(NC3CNC3)cc2)OC1(C)C. The van der Waals surface area contributed by atoms with E-state index < -0.39 is 0 Å². The van der Waals surface area contributed by atoms with E-state index in [-0.39, 0.29) is 18.3 Å². The van der Waals surface area contributed by atoms with E-state index in [4.69, 9.17) is 9.31 Å². The maximum atomic E-state index is 6.05. The largest absolute Gasteiger partial charge is 0.494 e. The number of hydrogen-bond acceptors (Lipinski definition) is 4. The van der Waals surface area contributed by atoms with Crippen molar-refractivity contribution in [3.05, 3.63) is 24.3 Å². The topological polar surface area (TPSA) is 42.5 Å². The van der Waals surface area contributed by atoms with Crippen LogP contribution in [0.15, 0.2) is 24.3 Å². The average molecular weight is 274 g/mol. The van der Waals surface area contributed by atoms with Gasteiger partial charge in [0.05, 0.1) is 17.2 Å². The molecule has 0 bridgehead atoms. The number of hydrogen-bond donors (Lipinski definition) is 2. The van der Waals surface area contributed by atoms with Crippen molar-refractivity contribution >= 4 is 18.3 Å². The summed E-state index contributed by atoms with van der Waals surface area (Å²) < 4.78 is 12.1. The fraction of sp³-hybridized carbons (Fsp3) is 0.600. The fourth-order valence-electron chi connectivity index (χ4n) is 2.34. The van der Waals surface area contributed by atoms with Gasteiger partial charge in [-0.15, -0.1) is 0 Å². The minimum Gasteiger partial charge on any atom is -0.399 e. The van der Waals surface area contributed by atoms with Crippen LogP contribution in [0.3, 0.4) is 0 Å². The predicted octanol–water partition coefficient (Wildman–Crippen LogP) is 1.37. The maximum absolute atomic E-state index is 6.05. The van der Waals surface area contributed by atoms with Gasteiger partial charge in [-0.1, -0.05) is 12.1 Å². The second kappa shape index (κ2) is 4.76. The Morgan fingerprint density at radius 2 is 1.60 bits per heavy atom. The Kier molecular flexibility index (Phi) is 3.31. The molecule has 2 saturated heterocycles. The zero-order valence-electron chi connectivity index (χ0n) is 12.7. The van der Waals surface area contributed by atoms with E-state index in [1.807, 2.05) is 0 Å². The first-order chi connectivity index (χ1) is 9.37. The Morgan fingerprint density at radius 1 is 1.05 bits per heavy atom. The van der Waals surface area contributed by atoms with Crippen LogP contribution in [0.25, 0.3) is 0 Å². The van der Waals surface area contributed by atoms with Crippen LogP contribution in [0.4, 0.5) is 5.69 Å². The molecular formula is C15H23BN2O2. The Morgan fingerprint density at radius 3 is 2.05 bits per heavy atom. The molecule has 2 fully saturated rings. The van der Waals surface area contributed by atoms with Gasteiger partial charge in [0.15, 0.2) is 0 Å². The highest BCUT2D eigenvalue weighted by Gasteiger charge is 2.51. The van der Waals surface area contributed by atoms with Crippen molar-refractivity contribution in [2.45, 2.75) is 44.9 Å². The first-order valence-electron chi connectivity index (χ1n) is 7.30. The summed E-state index contributed by atoms with van der Waals surface area (Å²) in [5, 5.41) is 6.74. The lowest BCUT2D eigenvalue weighted by molar-refractivity contribution is 0.00578. The first kappa shape index (κ1) is 13.9. The molecule has 3 rings (SSSR count). The van der Waals surface area contributed by atoms with Crippen LogP contribution < -0.4 is 16.1 Å². The zero-order chi connectivity index (χ0) is 14.4. The molecule has 1 aromatic carbocycles. The lowest BCUT2D eigenvalue weighted by atomic mass is 9.79. The van der Waals surface area contributed by atoms with Crippen molar-refractivity contribution in [1.29, 1.82) is 0 Å². The monoisotopic (exact) mass is 274 g/mol. The van der Waals surface area contributed by atoms with E-state index in [1.54, 1.807) is 0 Å². The molecule has 0 radical (unpaired) electrons. The molecule has 1 aromatic rings. The molecule has 2 aliphatic rings. The van der Waals surface area contributed by atoms with Crippen LogP contribution in [-0.2, 0) is 9.31 Å². The highest BCUT2D eigenvalue weighted by molar-refractivity contribution is 6.62. The lowest BCUT2D eigenvalue weighted by Gasteiger charge is -2.32. The Balaban J connectivity index is 1.69. The molecule has 0 atom stereocenters. The fourth-order valence-corrected chi connectivity index (χ4v) is 2.34. The molecule has 20 heavy (non-hydrogen) atoms. The first-order valence-corrected chi connectivity index (χ1v) is 7.30. The number of rotatable bonds is 3. The van der Waals surface area contributed by atoms with Crippen molar-refractivity contribution in [1.82, 2.24) is 5.32 Å². The van der Waals surface area contributed by atoms with Gasteiger partial charge < -0.3 is 19.9 Å². The summed E-state index contributed by atoms with van der Waals surface area (Å²) in [6.07, 6.45) is 0. The van der Waals surface area contributed by atoms with E-state index in [1.165, 1.54) is 0 Å². The molecule has 5 heteroatoms. The standard InChI is InChI=1S/C15H23BN2O2/c1-14(2)15(3,4)20-16(19-14)11-5-7-12(8-6-11)18-13-9-17-10-13/h5-8,13,17-18H,9-10H2,1-4H3. The third kappa shape index (κ3) is 2.46. The number of anilines is 1. The molecule has 2 N–H and O–H groups in total. The van der Waals surface area contributed by atoms with E-state index >= 15 is 0 Å². The van der Waals surface area contributed by atoms with Crippen LogP contribution in [-0.4, -0.2) is 37.5 Å². The lowest BCUT2D eigenvalue weighted by Crippen LogP contribution is -2.51. The molecule has 2 heterocycles. The molecule has 0 amide bonds. The van der Waals surface area contributed by atoms with E-state index in [2.05, 4.69) is 62.6 Å². The summed E-state index contributed by atoms with van der Waals surface area (Å²) in [4.78, 5) is 0. The summed E-state index contributed by atoms with van der Waals surface area (Å²) in [5.74, 6) is 0. The number of benzene rings is 1. The normalized spacial score (nSPS) is 24.5. The summed E-state index contributed by atoms with van der Waals surface area (Å²) in [7, 11) is -0.278. The third-order valence-electron chi connectivity index (χ3n) is 4.59. The van der Waals surface area contributed by atoms with Crippen LogP contribution in [0.2, 0.25) is 0 Å². The van der Waals surface area contributed by atoms with Crippen molar-refractivity contribution in [3.8, 4) is 0 Å². The summed E-state index contributed by atoms with van der Waals surface area (Å²) in [6.45, 7) is 10.4. The Labute approximate surface area is 121 Å². The second-order valence-electron chi connectivity index (χ2n) is 6.71. The minimum absolute atomic E-state index is 0.278. The molecule has 4 nitrogen and oxygen atoms in total. The van der Waals surface area contributed by atoms with Crippen molar-refractivity contribution in [2.75, 3.05) is 18.4 Å². The van der Waals surface area contributed by atoms with Crippen LogP contribution in [0.5, 0.6) is 0 Å². The van der Waals surface area contributed by atoms with Gasteiger partial charge in [-0.05, 0) is 45.3 Å². The van der Waals surface area contributed by atoms with Crippen LogP contribution in [0, 0.1) is 0 Å². The maximum Gasteiger partial charge on any atom is 0.494 e. The van der Waals surface area contributed by atoms with Gasteiger partial charge in [-0.3, -0.25) is 0 Å². The molecule has 0 spiro atoms. The van der Waals surface area contributed by atoms with Gasteiger partial charge in [-0.25, -0.2) is 0 Å². The molecule has 0 aliphatic carbocycles. The molecule has 0 aromatic heterocycles. The summed E-state index contributed by atoms with van der Waals surface area (Å²) in [5.41, 5.74) is 1.65.